The lowest BCUT2D eigenvalue weighted by molar-refractivity contribution is 0.0588. The SMILES string of the molecule is COC(=O)c1c(C)cncc1C(F)F. The molecule has 76 valence electrons. The Morgan fingerprint density at radius 3 is 2.64 bits per heavy atom. The van der Waals surface area contributed by atoms with E-state index in [1.807, 2.05) is 0 Å². The number of pyridine rings is 1. The van der Waals surface area contributed by atoms with Gasteiger partial charge in [-0.25, -0.2) is 13.6 Å². The summed E-state index contributed by atoms with van der Waals surface area (Å²) in [6, 6.07) is 0. The molecular formula is C9H9F2NO2. The monoisotopic (exact) mass is 201 g/mol. The van der Waals surface area contributed by atoms with Crippen molar-refractivity contribution in [1.82, 2.24) is 4.98 Å². The highest BCUT2D eigenvalue weighted by Gasteiger charge is 2.21. The lowest BCUT2D eigenvalue weighted by Gasteiger charge is -2.08. The molecule has 0 spiro atoms. The number of esters is 1. The molecule has 0 unspecified atom stereocenters. The van der Waals surface area contributed by atoms with E-state index in [9.17, 15) is 13.6 Å². The second-order valence-electron chi connectivity index (χ2n) is 2.71. The van der Waals surface area contributed by atoms with Gasteiger partial charge < -0.3 is 4.74 Å². The molecule has 1 heterocycles. The van der Waals surface area contributed by atoms with E-state index in [2.05, 4.69) is 9.72 Å². The van der Waals surface area contributed by atoms with Gasteiger partial charge in [-0.05, 0) is 12.5 Å². The van der Waals surface area contributed by atoms with Crippen LogP contribution in [0.5, 0.6) is 0 Å². The van der Waals surface area contributed by atoms with Crippen LogP contribution in [0.25, 0.3) is 0 Å². The summed E-state index contributed by atoms with van der Waals surface area (Å²) in [6.45, 7) is 1.53. The van der Waals surface area contributed by atoms with Crippen molar-refractivity contribution in [2.45, 2.75) is 13.3 Å². The first kappa shape index (κ1) is 10.6. The molecule has 3 nitrogen and oxygen atoms in total. The molecule has 0 aliphatic carbocycles. The molecule has 0 saturated carbocycles. The van der Waals surface area contributed by atoms with Gasteiger partial charge in [0.25, 0.3) is 6.43 Å². The molecule has 1 aromatic heterocycles. The van der Waals surface area contributed by atoms with Crippen LogP contribution >= 0.6 is 0 Å². The van der Waals surface area contributed by atoms with Crippen LogP contribution in [0, 0.1) is 6.92 Å². The molecule has 0 atom stereocenters. The Balaban J connectivity index is 3.29. The van der Waals surface area contributed by atoms with Gasteiger partial charge in [0.05, 0.1) is 18.2 Å². The molecule has 0 aliphatic rings. The number of methoxy groups -OCH3 is 1. The average Bonchev–Trinajstić information content (AvgIpc) is 2.16. The molecule has 1 rings (SSSR count). The van der Waals surface area contributed by atoms with Crippen molar-refractivity contribution in [3.8, 4) is 0 Å². The molecule has 0 radical (unpaired) electrons. The zero-order valence-electron chi connectivity index (χ0n) is 7.75. The van der Waals surface area contributed by atoms with Crippen molar-refractivity contribution in [3.05, 3.63) is 29.1 Å². The number of alkyl halides is 2. The highest BCUT2D eigenvalue weighted by Crippen LogP contribution is 2.24. The zero-order chi connectivity index (χ0) is 10.7. The summed E-state index contributed by atoms with van der Waals surface area (Å²) in [5, 5.41) is 0. The zero-order valence-corrected chi connectivity index (χ0v) is 7.75. The number of hydrogen-bond acceptors (Lipinski definition) is 3. The van der Waals surface area contributed by atoms with E-state index >= 15 is 0 Å². The summed E-state index contributed by atoms with van der Waals surface area (Å²) < 4.78 is 29.3. The number of aromatic nitrogens is 1. The maximum absolute atomic E-state index is 12.5. The molecule has 0 fully saturated rings. The third kappa shape index (κ3) is 1.86. The van der Waals surface area contributed by atoms with Crippen LogP contribution in [0.4, 0.5) is 8.78 Å². The number of nitrogens with zero attached hydrogens (tertiary/aromatic N) is 1. The number of halogens is 2. The lowest BCUT2D eigenvalue weighted by Crippen LogP contribution is -2.09. The van der Waals surface area contributed by atoms with Crippen molar-refractivity contribution >= 4 is 5.97 Å². The molecule has 1 aromatic rings. The lowest BCUT2D eigenvalue weighted by atomic mass is 10.1. The minimum Gasteiger partial charge on any atom is -0.465 e. The van der Waals surface area contributed by atoms with Crippen LogP contribution in [0.15, 0.2) is 12.4 Å². The summed E-state index contributed by atoms with van der Waals surface area (Å²) in [4.78, 5) is 14.8. The number of carbonyl (C=O) groups excluding carboxylic acids is 1. The van der Waals surface area contributed by atoms with E-state index in [0.29, 0.717) is 5.56 Å². The fraction of sp³-hybridized carbons (Fsp3) is 0.333. The van der Waals surface area contributed by atoms with E-state index < -0.39 is 18.0 Å². The maximum Gasteiger partial charge on any atom is 0.338 e. The Bertz CT molecular complexity index is 353. The van der Waals surface area contributed by atoms with Crippen LogP contribution in [0.2, 0.25) is 0 Å². The van der Waals surface area contributed by atoms with E-state index in [4.69, 9.17) is 0 Å². The highest BCUT2D eigenvalue weighted by atomic mass is 19.3. The van der Waals surface area contributed by atoms with Gasteiger partial charge in [-0.3, -0.25) is 4.98 Å². The van der Waals surface area contributed by atoms with Crippen LogP contribution in [-0.2, 0) is 4.74 Å². The maximum atomic E-state index is 12.5. The average molecular weight is 201 g/mol. The third-order valence-corrected chi connectivity index (χ3v) is 1.79. The molecule has 0 amide bonds. The topological polar surface area (TPSA) is 39.2 Å². The standard InChI is InChI=1S/C9H9F2NO2/c1-5-3-12-4-6(8(10)11)7(5)9(13)14-2/h3-4,8H,1-2H3. The molecule has 0 bridgehead atoms. The van der Waals surface area contributed by atoms with Crippen LogP contribution < -0.4 is 0 Å². The molecule has 0 N–H and O–H groups in total. The number of aryl methyl sites for hydroxylation is 1. The number of hydrogen-bond donors (Lipinski definition) is 0. The van der Waals surface area contributed by atoms with E-state index in [-0.39, 0.29) is 5.56 Å². The Kier molecular flexibility index (Phi) is 3.11. The molecule has 14 heavy (non-hydrogen) atoms. The molecule has 0 aliphatic heterocycles. The van der Waals surface area contributed by atoms with E-state index in [1.54, 1.807) is 0 Å². The summed E-state index contributed by atoms with van der Waals surface area (Å²) in [7, 11) is 1.15. The number of ether oxygens (including phenoxy) is 1. The van der Waals surface area contributed by atoms with Crippen molar-refractivity contribution < 1.29 is 18.3 Å². The van der Waals surface area contributed by atoms with Gasteiger partial charge in [-0.2, -0.15) is 0 Å². The van der Waals surface area contributed by atoms with Gasteiger partial charge >= 0.3 is 5.97 Å². The first-order valence-electron chi connectivity index (χ1n) is 3.89. The highest BCUT2D eigenvalue weighted by molar-refractivity contribution is 5.92. The Morgan fingerprint density at radius 1 is 1.50 bits per heavy atom. The van der Waals surface area contributed by atoms with Gasteiger partial charge in [-0.1, -0.05) is 0 Å². The molecule has 5 heteroatoms. The predicted molar refractivity (Wildman–Crippen MR) is 45.3 cm³/mol. The van der Waals surface area contributed by atoms with Crippen LogP contribution in [0.3, 0.4) is 0 Å². The van der Waals surface area contributed by atoms with Gasteiger partial charge in [0, 0.05) is 12.4 Å². The largest absolute Gasteiger partial charge is 0.465 e. The summed E-state index contributed by atoms with van der Waals surface area (Å²) in [6.07, 6.45) is -0.404. The molecule has 0 aromatic carbocycles. The van der Waals surface area contributed by atoms with Crippen LogP contribution in [0.1, 0.15) is 27.9 Å². The first-order chi connectivity index (χ1) is 6.57. The minimum absolute atomic E-state index is 0.0995. The van der Waals surface area contributed by atoms with Crippen molar-refractivity contribution in [3.63, 3.8) is 0 Å². The van der Waals surface area contributed by atoms with Crippen molar-refractivity contribution in [1.29, 1.82) is 0 Å². The molecular weight excluding hydrogens is 192 g/mol. The van der Waals surface area contributed by atoms with Crippen LogP contribution in [-0.4, -0.2) is 18.1 Å². The number of rotatable bonds is 2. The summed E-state index contributed by atoms with van der Waals surface area (Å²) >= 11 is 0. The number of carbonyl (C=O) groups is 1. The molecule has 0 saturated heterocycles. The minimum atomic E-state index is -2.73. The Labute approximate surface area is 79.7 Å². The van der Waals surface area contributed by atoms with Gasteiger partial charge in [0.15, 0.2) is 0 Å². The normalized spacial score (nSPS) is 10.4. The smallest absolute Gasteiger partial charge is 0.338 e. The Morgan fingerprint density at radius 2 is 2.14 bits per heavy atom. The third-order valence-electron chi connectivity index (χ3n) is 1.79. The van der Waals surface area contributed by atoms with Gasteiger partial charge in [-0.15, -0.1) is 0 Å². The van der Waals surface area contributed by atoms with Crippen molar-refractivity contribution in [2.75, 3.05) is 7.11 Å². The Hall–Kier alpha value is -1.52. The quantitative estimate of drug-likeness (QED) is 0.688. The van der Waals surface area contributed by atoms with E-state index in [0.717, 1.165) is 13.3 Å². The summed E-state index contributed by atoms with van der Waals surface area (Å²) in [5.74, 6) is -0.764. The second kappa shape index (κ2) is 4.13. The van der Waals surface area contributed by atoms with E-state index in [1.165, 1.54) is 13.1 Å². The van der Waals surface area contributed by atoms with Gasteiger partial charge in [0.1, 0.15) is 0 Å². The van der Waals surface area contributed by atoms with Crippen molar-refractivity contribution in [2.24, 2.45) is 0 Å². The fourth-order valence-corrected chi connectivity index (χ4v) is 1.13. The fourth-order valence-electron chi connectivity index (χ4n) is 1.13. The first-order valence-corrected chi connectivity index (χ1v) is 3.89. The predicted octanol–water partition coefficient (Wildman–Crippen LogP) is 2.11. The summed E-state index contributed by atoms with van der Waals surface area (Å²) in [5.41, 5.74) is -0.107. The van der Waals surface area contributed by atoms with Gasteiger partial charge in [0.2, 0.25) is 0 Å². The second-order valence-corrected chi connectivity index (χ2v) is 2.71.